The van der Waals surface area contributed by atoms with Crippen LogP contribution >= 0.6 is 0 Å². The second kappa shape index (κ2) is 17.3. The first-order valence-electron chi connectivity index (χ1n) is 13.1. The molecular formula is C28H39N5O10. The highest BCUT2D eigenvalue weighted by Gasteiger charge is 2.32. The second-order valence-corrected chi connectivity index (χ2v) is 9.64. The van der Waals surface area contributed by atoms with E-state index < -0.39 is 9.85 Å². The number of nitro benzene ring substituents is 2. The summed E-state index contributed by atoms with van der Waals surface area (Å²) in [4.78, 5) is 28.5. The molecule has 1 aliphatic heterocycles. The molecule has 43 heavy (non-hydrogen) atoms. The minimum Gasteiger partial charge on any atom is -0.493 e. The normalized spacial score (nSPS) is 14.1. The standard InChI is InChI=1S/C14H18N2O5.C9H8N2O4.C5H13NO/c1-8(2)10-7-21-14(15-10)9-5-6-11(19-3)13(20-4)12(9)16(17)18;1-10-6-4-5-7(14-2)9(15-3)8(6)11(12)13;1-4(2)5(6)3-7/h5-6,8,10H,7H2,1-4H3;4-5H,2-3H3;4-5,7H,3,6H2,1-2H3/t10-;;5-/m1.1/s1. The van der Waals surface area contributed by atoms with Crippen LogP contribution in [0, 0.1) is 38.6 Å². The third-order valence-corrected chi connectivity index (χ3v) is 6.24. The maximum Gasteiger partial charge on any atom is 0.327 e. The van der Waals surface area contributed by atoms with E-state index in [2.05, 4.69) is 9.84 Å². The van der Waals surface area contributed by atoms with Gasteiger partial charge in [0.2, 0.25) is 17.4 Å². The van der Waals surface area contributed by atoms with Gasteiger partial charge in [0.05, 0.1) is 57.5 Å². The highest BCUT2D eigenvalue weighted by Crippen LogP contribution is 2.43. The molecule has 236 valence electrons. The summed E-state index contributed by atoms with van der Waals surface area (Å²) in [6.07, 6.45) is 0. The molecule has 3 rings (SSSR count). The molecule has 0 saturated carbocycles. The van der Waals surface area contributed by atoms with Crippen LogP contribution in [-0.2, 0) is 4.74 Å². The Balaban J connectivity index is 0.000000366. The fraction of sp³-hybridized carbons (Fsp3) is 0.500. The Kier molecular flexibility index (Phi) is 14.6. The molecule has 2 aromatic carbocycles. The van der Waals surface area contributed by atoms with Crippen molar-refractivity contribution >= 4 is 23.0 Å². The van der Waals surface area contributed by atoms with E-state index in [4.69, 9.17) is 41.1 Å². The zero-order valence-electron chi connectivity index (χ0n) is 25.5. The Labute approximate surface area is 250 Å². The lowest BCUT2D eigenvalue weighted by molar-refractivity contribution is -0.386. The second-order valence-electron chi connectivity index (χ2n) is 9.64. The van der Waals surface area contributed by atoms with E-state index in [1.54, 1.807) is 12.1 Å². The summed E-state index contributed by atoms with van der Waals surface area (Å²) in [6, 6.07) is 5.93. The number of benzene rings is 2. The van der Waals surface area contributed by atoms with E-state index in [0.717, 1.165) is 0 Å². The molecule has 2 aromatic rings. The molecule has 0 radical (unpaired) electrons. The lowest BCUT2D eigenvalue weighted by Crippen LogP contribution is -2.29. The summed E-state index contributed by atoms with van der Waals surface area (Å²) in [5.41, 5.74) is 5.04. The van der Waals surface area contributed by atoms with Gasteiger partial charge in [-0.1, -0.05) is 27.7 Å². The fourth-order valence-electron chi connectivity index (χ4n) is 3.52. The van der Waals surface area contributed by atoms with Gasteiger partial charge in [-0.2, -0.15) is 0 Å². The van der Waals surface area contributed by atoms with E-state index >= 15 is 0 Å². The number of aliphatic hydroxyl groups is 1. The van der Waals surface area contributed by atoms with Gasteiger partial charge in [-0.05, 0) is 36.1 Å². The Morgan fingerprint density at radius 1 is 0.977 bits per heavy atom. The molecule has 15 heteroatoms. The monoisotopic (exact) mass is 605 g/mol. The minimum absolute atomic E-state index is 0.00713. The van der Waals surface area contributed by atoms with Crippen molar-refractivity contribution in [1.29, 1.82) is 0 Å². The average molecular weight is 606 g/mol. The van der Waals surface area contributed by atoms with Gasteiger partial charge in [0.1, 0.15) is 12.2 Å². The van der Waals surface area contributed by atoms with E-state index in [-0.39, 0.29) is 58.9 Å². The summed E-state index contributed by atoms with van der Waals surface area (Å²) in [5, 5.41) is 30.5. The van der Waals surface area contributed by atoms with Crippen LogP contribution < -0.4 is 24.7 Å². The third-order valence-electron chi connectivity index (χ3n) is 6.24. The van der Waals surface area contributed by atoms with Crippen LogP contribution in [0.1, 0.15) is 33.3 Å². The third kappa shape index (κ3) is 9.42. The van der Waals surface area contributed by atoms with E-state index in [9.17, 15) is 20.2 Å². The van der Waals surface area contributed by atoms with E-state index in [0.29, 0.717) is 29.8 Å². The lowest BCUT2D eigenvalue weighted by atomic mass is 10.1. The largest absolute Gasteiger partial charge is 0.493 e. The first-order valence-corrected chi connectivity index (χ1v) is 13.1. The highest BCUT2D eigenvalue weighted by molar-refractivity contribution is 6.00. The van der Waals surface area contributed by atoms with Crippen molar-refractivity contribution in [2.45, 2.75) is 39.8 Å². The molecule has 1 aliphatic rings. The van der Waals surface area contributed by atoms with Crippen molar-refractivity contribution in [3.05, 3.63) is 61.5 Å². The van der Waals surface area contributed by atoms with Crippen LogP contribution in [0.25, 0.3) is 4.85 Å². The zero-order valence-corrected chi connectivity index (χ0v) is 25.5. The smallest absolute Gasteiger partial charge is 0.327 e. The molecule has 3 N–H and O–H groups in total. The zero-order chi connectivity index (χ0) is 32.9. The fourth-order valence-corrected chi connectivity index (χ4v) is 3.52. The summed E-state index contributed by atoms with van der Waals surface area (Å²) >= 11 is 0. The number of nitrogens with zero attached hydrogens (tertiary/aromatic N) is 4. The van der Waals surface area contributed by atoms with Gasteiger partial charge >= 0.3 is 11.4 Å². The Bertz CT molecular complexity index is 1320. The number of ether oxygens (including phenoxy) is 5. The lowest BCUT2D eigenvalue weighted by Gasteiger charge is -2.10. The first-order chi connectivity index (χ1) is 20.3. The number of nitro groups is 2. The summed E-state index contributed by atoms with van der Waals surface area (Å²) < 4.78 is 25.5. The molecular weight excluding hydrogens is 566 g/mol. The minimum atomic E-state index is -0.658. The first kappa shape index (κ1) is 36.3. The molecule has 0 spiro atoms. The molecule has 1 heterocycles. The number of hydrogen-bond acceptors (Lipinski definition) is 12. The summed E-state index contributed by atoms with van der Waals surface area (Å²) in [7, 11) is 5.46. The van der Waals surface area contributed by atoms with Gasteiger partial charge in [-0.15, -0.1) is 0 Å². The van der Waals surface area contributed by atoms with E-state index in [1.165, 1.54) is 40.6 Å². The number of aliphatic hydroxyl groups excluding tert-OH is 1. The quantitative estimate of drug-likeness (QED) is 0.219. The molecule has 0 saturated heterocycles. The van der Waals surface area contributed by atoms with Gasteiger partial charge in [0.15, 0.2) is 11.5 Å². The van der Waals surface area contributed by atoms with Gasteiger partial charge in [0, 0.05) is 6.04 Å². The van der Waals surface area contributed by atoms with Gasteiger partial charge in [-0.3, -0.25) is 20.2 Å². The van der Waals surface area contributed by atoms with Crippen molar-refractivity contribution in [2.24, 2.45) is 22.6 Å². The van der Waals surface area contributed by atoms with Gasteiger partial charge in [0.25, 0.3) is 5.69 Å². The molecule has 0 aliphatic carbocycles. The van der Waals surface area contributed by atoms with Crippen molar-refractivity contribution in [2.75, 3.05) is 41.7 Å². The van der Waals surface area contributed by atoms with Crippen LogP contribution in [0.5, 0.6) is 23.0 Å². The van der Waals surface area contributed by atoms with Crippen LogP contribution in [0.4, 0.5) is 17.1 Å². The topological polar surface area (TPSA) is 195 Å². The Morgan fingerprint density at radius 2 is 1.49 bits per heavy atom. The maximum absolute atomic E-state index is 11.4. The molecule has 15 nitrogen and oxygen atoms in total. The van der Waals surface area contributed by atoms with Crippen LogP contribution in [0.15, 0.2) is 29.3 Å². The SMILES string of the molecule is CC(C)[C@H](N)CO.COc1ccc(C2=N[C@@H](C(C)C)CO2)c([N+](=O)[O-])c1OC.[C-]#[N+]c1ccc(OC)c(OC)c1[N+](=O)[O-]. The van der Waals surface area contributed by atoms with E-state index in [1.807, 2.05) is 27.7 Å². The van der Waals surface area contributed by atoms with Crippen molar-refractivity contribution in [3.63, 3.8) is 0 Å². The van der Waals surface area contributed by atoms with Crippen molar-refractivity contribution in [3.8, 4) is 23.0 Å². The molecule has 0 amide bonds. The maximum atomic E-state index is 11.4. The average Bonchev–Trinajstić information content (AvgIpc) is 3.50. The van der Waals surface area contributed by atoms with Crippen molar-refractivity contribution in [1.82, 2.24) is 0 Å². The van der Waals surface area contributed by atoms with Crippen LogP contribution in [-0.4, -0.2) is 74.6 Å². The Hall–Kier alpha value is -4.68. The van der Waals surface area contributed by atoms with Crippen LogP contribution in [0.2, 0.25) is 0 Å². The van der Waals surface area contributed by atoms with Gasteiger partial charge in [-0.25, -0.2) is 9.84 Å². The van der Waals surface area contributed by atoms with Gasteiger partial charge < -0.3 is 34.5 Å². The number of nitrogens with two attached hydrogens (primary N) is 1. The highest BCUT2D eigenvalue weighted by atomic mass is 16.6. The summed E-state index contributed by atoms with van der Waals surface area (Å²) in [6.45, 7) is 15.4. The van der Waals surface area contributed by atoms with Crippen molar-refractivity contribution < 1.29 is 38.6 Å². The Morgan fingerprint density at radius 3 is 1.84 bits per heavy atom. The number of rotatable bonds is 10. The summed E-state index contributed by atoms with van der Waals surface area (Å²) in [5.74, 6) is 1.55. The van der Waals surface area contributed by atoms with Crippen LogP contribution in [0.3, 0.4) is 0 Å². The molecule has 0 unspecified atom stereocenters. The predicted molar refractivity (Wildman–Crippen MR) is 160 cm³/mol. The number of methoxy groups -OCH3 is 4. The predicted octanol–water partition coefficient (Wildman–Crippen LogP) is 4.54. The number of aliphatic imine (C=N–C) groups is 1. The molecule has 2 atom stereocenters. The molecule has 0 fully saturated rings. The molecule has 0 aromatic heterocycles. The molecule has 0 bridgehead atoms. The number of hydrogen-bond donors (Lipinski definition) is 2.